The third-order valence-electron chi connectivity index (χ3n) is 6.70. The Morgan fingerprint density at radius 1 is 1.19 bits per heavy atom. The van der Waals surface area contributed by atoms with Crippen LogP contribution in [-0.4, -0.2) is 33.0 Å². The molecule has 4 nitrogen and oxygen atoms in total. The van der Waals surface area contributed by atoms with Crippen molar-refractivity contribution in [3.63, 3.8) is 0 Å². The minimum Gasteiger partial charge on any atom is -0.481 e. The van der Waals surface area contributed by atoms with E-state index in [1.165, 1.54) is 26.2 Å². The molecule has 0 aliphatic heterocycles. The van der Waals surface area contributed by atoms with Crippen molar-refractivity contribution in [2.24, 2.45) is 29.1 Å². The molecule has 4 fully saturated rings. The summed E-state index contributed by atoms with van der Waals surface area (Å²) in [6, 6.07) is 0. The number of rotatable bonds is 5. The number of carbonyl (C=O) groups is 1. The maximum atomic E-state index is 11.1. The molecular formula is C17H28O4. The van der Waals surface area contributed by atoms with E-state index in [2.05, 4.69) is 0 Å². The van der Waals surface area contributed by atoms with Gasteiger partial charge in [0.05, 0.1) is 17.6 Å². The molecule has 0 amide bonds. The van der Waals surface area contributed by atoms with Gasteiger partial charge in [-0.25, -0.2) is 0 Å². The first-order valence-electron chi connectivity index (χ1n) is 8.35. The van der Waals surface area contributed by atoms with Crippen LogP contribution < -0.4 is 0 Å². The summed E-state index contributed by atoms with van der Waals surface area (Å²) >= 11 is 0. The average Bonchev–Trinajstić information content (AvgIpc) is 2.35. The Balaban J connectivity index is 1.73. The van der Waals surface area contributed by atoms with Gasteiger partial charge < -0.3 is 15.3 Å². The third kappa shape index (κ3) is 2.61. The molecular weight excluding hydrogens is 268 g/mol. The van der Waals surface area contributed by atoms with Gasteiger partial charge in [0.25, 0.3) is 0 Å². The van der Waals surface area contributed by atoms with Crippen LogP contribution in [0.2, 0.25) is 0 Å². The first-order valence-corrected chi connectivity index (χ1v) is 8.35. The van der Waals surface area contributed by atoms with E-state index in [-0.39, 0.29) is 11.8 Å². The fourth-order valence-corrected chi connectivity index (χ4v) is 5.64. The quantitative estimate of drug-likeness (QED) is 0.728. The maximum absolute atomic E-state index is 11.1. The Morgan fingerprint density at radius 3 is 2.00 bits per heavy atom. The van der Waals surface area contributed by atoms with Gasteiger partial charge in [0.15, 0.2) is 0 Å². The first-order chi connectivity index (χ1) is 9.72. The summed E-state index contributed by atoms with van der Waals surface area (Å²) in [6.45, 7) is 3.07. The fraction of sp³-hybridized carbons (Fsp3) is 0.941. The second-order valence-electron chi connectivity index (χ2n) is 8.42. The summed E-state index contributed by atoms with van der Waals surface area (Å²) < 4.78 is 0. The van der Waals surface area contributed by atoms with Crippen molar-refractivity contribution < 1.29 is 20.1 Å². The molecule has 3 N–H and O–H groups in total. The summed E-state index contributed by atoms with van der Waals surface area (Å²) in [5, 5.41) is 30.4. The fourth-order valence-electron chi connectivity index (χ4n) is 5.64. The average molecular weight is 296 g/mol. The van der Waals surface area contributed by atoms with Gasteiger partial charge in [0.1, 0.15) is 0 Å². The van der Waals surface area contributed by atoms with E-state index in [1.807, 2.05) is 0 Å². The van der Waals surface area contributed by atoms with Crippen LogP contribution in [0.15, 0.2) is 0 Å². The number of carboxylic acids is 1. The standard InChI is InChI=1S/C17H28O4/c1-10(15(19)20)16(2,21)9-14(18)17-6-11-3-12(7-17)5-13(4-11)8-17/h10-14,18,21H,3-9H2,1-2H3,(H,19,20)/t10?,11?,12?,13?,14?,16-,17?/m1/s1. The van der Waals surface area contributed by atoms with Gasteiger partial charge in [-0.05, 0) is 75.5 Å². The van der Waals surface area contributed by atoms with E-state index in [9.17, 15) is 15.0 Å². The predicted octanol–water partition coefficient (Wildman–Crippen LogP) is 2.43. The van der Waals surface area contributed by atoms with E-state index < -0.39 is 23.6 Å². The van der Waals surface area contributed by atoms with Gasteiger partial charge in [-0.2, -0.15) is 0 Å². The van der Waals surface area contributed by atoms with Crippen LogP contribution in [-0.2, 0) is 4.79 Å². The topological polar surface area (TPSA) is 77.8 Å². The van der Waals surface area contributed by atoms with Gasteiger partial charge in [-0.3, -0.25) is 4.79 Å². The normalized spacial score (nSPS) is 43.3. The van der Waals surface area contributed by atoms with Crippen molar-refractivity contribution in [1.82, 2.24) is 0 Å². The zero-order chi connectivity index (χ0) is 15.4. The Morgan fingerprint density at radius 2 is 1.62 bits per heavy atom. The molecule has 0 radical (unpaired) electrons. The van der Waals surface area contributed by atoms with Crippen molar-refractivity contribution in [3.8, 4) is 0 Å². The van der Waals surface area contributed by atoms with Crippen molar-refractivity contribution >= 4 is 5.97 Å². The Bertz CT molecular complexity index is 393. The number of aliphatic carboxylic acids is 1. The third-order valence-corrected chi connectivity index (χ3v) is 6.70. The maximum Gasteiger partial charge on any atom is 0.309 e. The molecule has 4 rings (SSSR count). The molecule has 4 aliphatic rings. The molecule has 4 heteroatoms. The van der Waals surface area contributed by atoms with Crippen molar-refractivity contribution in [3.05, 3.63) is 0 Å². The highest BCUT2D eigenvalue weighted by Crippen LogP contribution is 2.62. The number of aliphatic hydroxyl groups is 2. The highest BCUT2D eigenvalue weighted by Gasteiger charge is 2.55. The lowest BCUT2D eigenvalue weighted by Gasteiger charge is -2.59. The minimum atomic E-state index is -1.35. The number of hydrogen-bond acceptors (Lipinski definition) is 3. The summed E-state index contributed by atoms with van der Waals surface area (Å²) in [5.74, 6) is 0.368. The zero-order valence-corrected chi connectivity index (χ0v) is 13.1. The summed E-state index contributed by atoms with van der Waals surface area (Å²) in [5.41, 5.74) is -1.41. The Kier molecular flexibility index (Phi) is 3.61. The van der Waals surface area contributed by atoms with E-state index in [4.69, 9.17) is 5.11 Å². The second-order valence-corrected chi connectivity index (χ2v) is 8.42. The number of carboxylic acid groups (broad SMARTS) is 1. The van der Waals surface area contributed by atoms with Crippen molar-refractivity contribution in [1.29, 1.82) is 0 Å². The van der Waals surface area contributed by atoms with Crippen molar-refractivity contribution in [2.75, 3.05) is 0 Å². The molecule has 4 aliphatic carbocycles. The lowest BCUT2D eigenvalue weighted by molar-refractivity contribution is -0.162. The minimum absolute atomic E-state index is 0.0586. The molecule has 0 spiro atoms. The lowest BCUT2D eigenvalue weighted by atomic mass is 9.47. The molecule has 2 unspecified atom stereocenters. The molecule has 120 valence electrons. The first kappa shape index (κ1) is 15.3. The van der Waals surface area contributed by atoms with Gasteiger partial charge >= 0.3 is 5.97 Å². The van der Waals surface area contributed by atoms with Crippen LogP contribution in [0.4, 0.5) is 0 Å². The summed E-state index contributed by atoms with van der Waals surface area (Å²) in [6.07, 6.45) is 6.73. The summed E-state index contributed by atoms with van der Waals surface area (Å²) in [4.78, 5) is 11.1. The van der Waals surface area contributed by atoms with Crippen LogP contribution in [0.3, 0.4) is 0 Å². The van der Waals surface area contributed by atoms with E-state index in [0.717, 1.165) is 37.0 Å². The van der Waals surface area contributed by atoms with E-state index >= 15 is 0 Å². The molecule has 4 bridgehead atoms. The number of hydrogen-bond donors (Lipinski definition) is 3. The highest BCUT2D eigenvalue weighted by molar-refractivity contribution is 5.70. The summed E-state index contributed by atoms with van der Waals surface area (Å²) in [7, 11) is 0. The molecule has 21 heavy (non-hydrogen) atoms. The lowest BCUT2D eigenvalue weighted by Crippen LogP contribution is -2.54. The van der Waals surface area contributed by atoms with E-state index in [1.54, 1.807) is 6.92 Å². The highest BCUT2D eigenvalue weighted by atomic mass is 16.4. The molecule has 4 saturated carbocycles. The molecule has 0 saturated heterocycles. The Hall–Kier alpha value is -0.610. The SMILES string of the molecule is CC(C(=O)O)[C@](C)(O)CC(O)C12CC3CC(CC(C3)C1)C2. The van der Waals surface area contributed by atoms with Crippen LogP contribution in [0, 0.1) is 29.1 Å². The van der Waals surface area contributed by atoms with Crippen LogP contribution in [0.25, 0.3) is 0 Å². The van der Waals surface area contributed by atoms with Gasteiger partial charge in [0, 0.05) is 6.42 Å². The molecule has 0 aromatic rings. The second kappa shape index (κ2) is 4.95. The van der Waals surface area contributed by atoms with Gasteiger partial charge in [-0.15, -0.1) is 0 Å². The molecule has 0 aromatic heterocycles. The van der Waals surface area contributed by atoms with E-state index in [0.29, 0.717) is 0 Å². The van der Waals surface area contributed by atoms with Crippen LogP contribution in [0.1, 0.15) is 58.8 Å². The number of aliphatic hydroxyl groups excluding tert-OH is 1. The largest absolute Gasteiger partial charge is 0.481 e. The molecule has 0 aromatic carbocycles. The predicted molar refractivity (Wildman–Crippen MR) is 78.7 cm³/mol. The smallest absolute Gasteiger partial charge is 0.309 e. The zero-order valence-electron chi connectivity index (χ0n) is 13.1. The van der Waals surface area contributed by atoms with Gasteiger partial charge in [-0.1, -0.05) is 0 Å². The Labute approximate surface area is 126 Å². The molecule has 3 atom stereocenters. The van der Waals surface area contributed by atoms with Crippen molar-refractivity contribution in [2.45, 2.75) is 70.5 Å². The van der Waals surface area contributed by atoms with Crippen LogP contribution >= 0.6 is 0 Å². The van der Waals surface area contributed by atoms with Crippen LogP contribution in [0.5, 0.6) is 0 Å². The monoisotopic (exact) mass is 296 g/mol. The molecule has 0 heterocycles. The van der Waals surface area contributed by atoms with Gasteiger partial charge in [0.2, 0.25) is 0 Å².